The summed E-state index contributed by atoms with van der Waals surface area (Å²) in [6, 6.07) is 0. The van der Waals surface area contributed by atoms with Crippen molar-refractivity contribution >= 4 is 27.3 Å². The second-order valence-corrected chi connectivity index (χ2v) is 7.49. The van der Waals surface area contributed by atoms with Gasteiger partial charge < -0.3 is 5.32 Å². The summed E-state index contributed by atoms with van der Waals surface area (Å²) in [5.74, 6) is 0.510. The van der Waals surface area contributed by atoms with Gasteiger partial charge in [0.1, 0.15) is 5.69 Å². The van der Waals surface area contributed by atoms with Crippen molar-refractivity contribution in [1.82, 2.24) is 14.5 Å². The van der Waals surface area contributed by atoms with E-state index in [0.29, 0.717) is 12.5 Å². The predicted molar refractivity (Wildman–Crippen MR) is 82.2 cm³/mol. The molecule has 9 heteroatoms. The highest BCUT2D eigenvalue weighted by Gasteiger charge is 2.20. The maximum atomic E-state index is 12.3. The number of hydrogen-bond donors (Lipinski definition) is 2. The van der Waals surface area contributed by atoms with E-state index in [-0.39, 0.29) is 29.4 Å². The minimum Gasteiger partial charge on any atom is -0.378 e. The van der Waals surface area contributed by atoms with Gasteiger partial charge in [-0.25, -0.2) is 17.8 Å². The average molecular weight is 335 g/mol. The molecule has 0 atom stereocenters. The van der Waals surface area contributed by atoms with Gasteiger partial charge in [0, 0.05) is 19.6 Å². The summed E-state index contributed by atoms with van der Waals surface area (Å²) >= 11 is 5.98. The molecule has 7 nitrogen and oxygen atoms in total. The van der Waals surface area contributed by atoms with Crippen molar-refractivity contribution in [2.75, 3.05) is 24.7 Å². The van der Waals surface area contributed by atoms with Crippen molar-refractivity contribution in [2.24, 2.45) is 5.92 Å². The van der Waals surface area contributed by atoms with Crippen molar-refractivity contribution in [3.8, 4) is 0 Å². The van der Waals surface area contributed by atoms with Gasteiger partial charge in [-0.05, 0) is 18.8 Å². The normalized spacial score (nSPS) is 15.7. The van der Waals surface area contributed by atoms with Crippen molar-refractivity contribution < 1.29 is 8.42 Å². The molecule has 1 heterocycles. The number of hydrogen-bond acceptors (Lipinski definition) is 5. The van der Waals surface area contributed by atoms with Crippen LogP contribution < -0.4 is 15.6 Å². The van der Waals surface area contributed by atoms with Crippen LogP contribution in [0.5, 0.6) is 0 Å². The highest BCUT2D eigenvalue weighted by molar-refractivity contribution is 7.88. The Bertz CT molecular complexity index is 655. The van der Waals surface area contributed by atoms with Gasteiger partial charge in [0.15, 0.2) is 0 Å². The van der Waals surface area contributed by atoms with E-state index in [1.807, 2.05) is 0 Å². The number of halogens is 1. The Labute approximate surface area is 128 Å². The molecule has 0 aliphatic heterocycles. The van der Waals surface area contributed by atoms with E-state index >= 15 is 0 Å². The van der Waals surface area contributed by atoms with Crippen molar-refractivity contribution in [2.45, 2.75) is 25.8 Å². The first-order valence-corrected chi connectivity index (χ1v) is 9.08. The lowest BCUT2D eigenvalue weighted by Crippen LogP contribution is -2.33. The van der Waals surface area contributed by atoms with E-state index in [1.54, 1.807) is 0 Å². The van der Waals surface area contributed by atoms with Crippen LogP contribution in [0.3, 0.4) is 0 Å². The lowest BCUT2D eigenvalue weighted by Gasteiger charge is -2.25. The van der Waals surface area contributed by atoms with Crippen LogP contribution in [0, 0.1) is 5.92 Å². The van der Waals surface area contributed by atoms with Gasteiger partial charge in [0.2, 0.25) is 10.0 Å². The summed E-state index contributed by atoms with van der Waals surface area (Å²) < 4.78 is 25.7. The van der Waals surface area contributed by atoms with Crippen molar-refractivity contribution in [1.29, 1.82) is 0 Å². The number of nitrogens with one attached hydrogen (secondary N) is 2. The Morgan fingerprint density at radius 2 is 2.14 bits per heavy atom. The third-order valence-electron chi connectivity index (χ3n) is 3.44. The van der Waals surface area contributed by atoms with Crippen LogP contribution in [0.15, 0.2) is 11.0 Å². The summed E-state index contributed by atoms with van der Waals surface area (Å²) in [6.45, 7) is 1.06. The molecule has 1 aromatic heterocycles. The van der Waals surface area contributed by atoms with E-state index in [4.69, 9.17) is 11.6 Å². The largest absolute Gasteiger partial charge is 0.378 e. The van der Waals surface area contributed by atoms with Gasteiger partial charge >= 0.3 is 0 Å². The first-order chi connectivity index (χ1) is 9.87. The zero-order valence-corrected chi connectivity index (χ0v) is 13.4. The fourth-order valence-electron chi connectivity index (χ4n) is 2.10. The third-order valence-corrected chi connectivity index (χ3v) is 4.46. The van der Waals surface area contributed by atoms with Crippen LogP contribution in [0.1, 0.15) is 19.3 Å². The smallest absolute Gasteiger partial charge is 0.291 e. The molecule has 0 unspecified atom stereocenters. The Morgan fingerprint density at radius 3 is 2.71 bits per heavy atom. The lowest BCUT2D eigenvalue weighted by atomic mass is 9.85. The Hall–Kier alpha value is -1.12. The van der Waals surface area contributed by atoms with E-state index in [9.17, 15) is 13.2 Å². The van der Waals surface area contributed by atoms with Gasteiger partial charge in [0.05, 0.1) is 17.5 Å². The number of sulfonamides is 1. The molecular formula is C12H19ClN4O3S. The summed E-state index contributed by atoms with van der Waals surface area (Å²) in [5, 5.41) is 7.16. The summed E-state index contributed by atoms with van der Waals surface area (Å²) in [7, 11) is -3.24. The monoisotopic (exact) mass is 334 g/mol. The molecule has 0 bridgehead atoms. The van der Waals surface area contributed by atoms with Gasteiger partial charge in [-0.1, -0.05) is 18.0 Å². The van der Waals surface area contributed by atoms with Crippen molar-refractivity contribution in [3.05, 3.63) is 21.6 Å². The zero-order valence-electron chi connectivity index (χ0n) is 11.8. The zero-order chi connectivity index (χ0) is 15.5. The number of anilines is 1. The quantitative estimate of drug-likeness (QED) is 0.714. The SMILES string of the molecule is CS(=O)(=O)NCCNc1c(Cl)cnn(CC2CCC2)c1=O. The summed E-state index contributed by atoms with van der Waals surface area (Å²) in [4.78, 5) is 12.3. The van der Waals surface area contributed by atoms with Gasteiger partial charge in [0.25, 0.3) is 5.56 Å². The molecule has 0 saturated heterocycles. The number of aromatic nitrogens is 2. The molecule has 0 radical (unpaired) electrons. The summed E-state index contributed by atoms with van der Waals surface area (Å²) in [5.41, 5.74) is -0.00459. The van der Waals surface area contributed by atoms with Crippen LogP contribution >= 0.6 is 11.6 Å². The fraction of sp³-hybridized carbons (Fsp3) is 0.667. The van der Waals surface area contributed by atoms with Crippen LogP contribution in [0.25, 0.3) is 0 Å². The highest BCUT2D eigenvalue weighted by atomic mass is 35.5. The van der Waals surface area contributed by atoms with Crippen molar-refractivity contribution in [3.63, 3.8) is 0 Å². The lowest BCUT2D eigenvalue weighted by molar-refractivity contribution is 0.262. The van der Waals surface area contributed by atoms with Crippen LogP contribution in [0.4, 0.5) is 5.69 Å². The second-order valence-electron chi connectivity index (χ2n) is 5.24. The topological polar surface area (TPSA) is 93.1 Å². The number of nitrogens with zero attached hydrogens (tertiary/aromatic N) is 2. The molecular weight excluding hydrogens is 316 g/mol. The van der Waals surface area contributed by atoms with Gasteiger partial charge in [-0.15, -0.1) is 0 Å². The molecule has 1 fully saturated rings. The minimum atomic E-state index is -3.24. The minimum absolute atomic E-state index is 0.180. The molecule has 0 amide bonds. The van der Waals surface area contributed by atoms with Crippen LogP contribution in [0.2, 0.25) is 5.02 Å². The second kappa shape index (κ2) is 6.76. The van der Waals surface area contributed by atoms with E-state index in [1.165, 1.54) is 17.3 Å². The van der Waals surface area contributed by atoms with E-state index in [0.717, 1.165) is 19.1 Å². The standard InChI is InChI=1S/C12H19ClN4O3S/c1-21(19,20)16-6-5-14-11-10(13)7-15-17(12(11)18)8-9-3-2-4-9/h7,9,14,16H,2-6,8H2,1H3. The fourth-order valence-corrected chi connectivity index (χ4v) is 2.77. The third kappa shape index (κ3) is 4.69. The van der Waals surface area contributed by atoms with E-state index in [2.05, 4.69) is 15.1 Å². The molecule has 1 saturated carbocycles. The molecule has 21 heavy (non-hydrogen) atoms. The maximum Gasteiger partial charge on any atom is 0.291 e. The van der Waals surface area contributed by atoms with Crippen LogP contribution in [-0.2, 0) is 16.6 Å². The van der Waals surface area contributed by atoms with Gasteiger partial charge in [-0.2, -0.15) is 5.10 Å². The first-order valence-electron chi connectivity index (χ1n) is 6.81. The molecule has 118 valence electrons. The maximum absolute atomic E-state index is 12.3. The molecule has 1 aliphatic rings. The Morgan fingerprint density at radius 1 is 1.43 bits per heavy atom. The molecule has 1 aliphatic carbocycles. The Balaban J connectivity index is 2.00. The number of rotatable bonds is 7. The van der Waals surface area contributed by atoms with E-state index < -0.39 is 10.0 Å². The summed E-state index contributed by atoms with van der Waals surface area (Å²) in [6.07, 6.45) is 5.97. The molecule has 1 aromatic rings. The first kappa shape index (κ1) is 16.3. The molecule has 2 N–H and O–H groups in total. The molecule has 2 rings (SSSR count). The van der Waals surface area contributed by atoms with Gasteiger partial charge in [-0.3, -0.25) is 4.79 Å². The molecule has 0 aromatic carbocycles. The predicted octanol–water partition coefficient (Wildman–Crippen LogP) is 0.658. The highest BCUT2D eigenvalue weighted by Crippen LogP contribution is 2.27. The molecule has 0 spiro atoms. The van der Waals surface area contributed by atoms with Crippen LogP contribution in [-0.4, -0.2) is 37.5 Å². The average Bonchev–Trinajstić information content (AvgIpc) is 2.33. The Kier molecular flexibility index (Phi) is 5.23.